The third kappa shape index (κ3) is 4.69. The van der Waals surface area contributed by atoms with E-state index in [1.807, 2.05) is 0 Å². The second-order valence-corrected chi connectivity index (χ2v) is 5.18. The summed E-state index contributed by atoms with van der Waals surface area (Å²) in [6.45, 7) is 0. The van der Waals surface area contributed by atoms with E-state index >= 15 is 0 Å². The maximum Gasteiger partial charge on any atom is 1.00 e. The first-order valence-corrected chi connectivity index (χ1v) is 6.74. The Balaban J connectivity index is 0.00000200. The number of nitrogens with zero attached hydrogens (tertiary/aromatic N) is 2. The van der Waals surface area contributed by atoms with Gasteiger partial charge in [-0.25, -0.2) is 0 Å². The van der Waals surface area contributed by atoms with Gasteiger partial charge in [0.2, 0.25) is 0 Å². The molecular formula is C12H12N3NaO3S. The molecule has 20 heavy (non-hydrogen) atoms. The Morgan fingerprint density at radius 2 is 1.30 bits per heavy atom. The molecule has 8 heteroatoms. The summed E-state index contributed by atoms with van der Waals surface area (Å²) in [5.41, 5.74) is 7.28. The summed E-state index contributed by atoms with van der Waals surface area (Å²) in [7, 11) is -4.18. The van der Waals surface area contributed by atoms with E-state index in [4.69, 9.17) is 10.3 Å². The van der Waals surface area contributed by atoms with Gasteiger partial charge in [0.15, 0.2) is 0 Å². The number of azo groups is 1. The molecule has 6 nitrogen and oxygen atoms in total. The number of rotatable bonds is 3. The Morgan fingerprint density at radius 1 is 0.900 bits per heavy atom. The third-order valence-corrected chi connectivity index (χ3v) is 3.18. The third-order valence-electron chi connectivity index (χ3n) is 2.31. The van der Waals surface area contributed by atoms with Gasteiger partial charge in [-0.05, 0) is 48.5 Å². The van der Waals surface area contributed by atoms with Crippen molar-refractivity contribution in [3.63, 3.8) is 0 Å². The Bertz CT molecular complexity index is 704. The number of nitrogens with two attached hydrogens (primary N) is 1. The minimum absolute atomic E-state index is 0. The molecule has 0 unspecified atom stereocenters. The molecule has 2 rings (SSSR count). The summed E-state index contributed by atoms with van der Waals surface area (Å²) in [6.07, 6.45) is 0. The van der Waals surface area contributed by atoms with Gasteiger partial charge in [0.05, 0.1) is 16.3 Å². The van der Waals surface area contributed by atoms with E-state index in [1.165, 1.54) is 24.3 Å². The van der Waals surface area contributed by atoms with Crippen molar-refractivity contribution in [1.82, 2.24) is 0 Å². The topological polar surface area (TPSA) is 105 Å². The quantitative estimate of drug-likeness (QED) is 0.361. The molecule has 0 saturated heterocycles. The molecule has 2 aromatic carbocycles. The Morgan fingerprint density at radius 3 is 1.70 bits per heavy atom. The molecule has 0 spiro atoms. The van der Waals surface area contributed by atoms with Crippen molar-refractivity contribution >= 4 is 27.2 Å². The molecule has 3 N–H and O–H groups in total. The second-order valence-electron chi connectivity index (χ2n) is 3.76. The molecule has 0 bridgehead atoms. The van der Waals surface area contributed by atoms with Crippen LogP contribution < -0.4 is 35.3 Å². The summed E-state index contributed by atoms with van der Waals surface area (Å²) >= 11 is 0. The van der Waals surface area contributed by atoms with Gasteiger partial charge in [-0.1, -0.05) is 0 Å². The zero-order valence-corrected chi connectivity index (χ0v) is 13.6. The summed E-state index contributed by atoms with van der Waals surface area (Å²) in [5, 5.41) is 7.90. The summed E-state index contributed by atoms with van der Waals surface area (Å²) < 4.78 is 30.5. The molecule has 100 valence electrons. The zero-order valence-electron chi connectivity index (χ0n) is 11.8. The predicted molar refractivity (Wildman–Crippen MR) is 72.4 cm³/mol. The number of hydrogen-bond acceptors (Lipinski definition) is 5. The second kappa shape index (κ2) is 6.96. The van der Waals surface area contributed by atoms with E-state index in [9.17, 15) is 8.42 Å². The summed E-state index contributed by atoms with van der Waals surface area (Å²) in [4.78, 5) is -0.182. The molecule has 0 fully saturated rings. The average Bonchev–Trinajstić information content (AvgIpc) is 2.37. The standard InChI is InChI=1S/C12H11N3O3S.Na.H/c13-9-1-3-10(4-2-9)14-15-11-5-7-12(8-6-11)19(16,17)18;;/h1-8H,13H2,(H,16,17,18);;/q;+1;-1. The normalized spacial score (nSPS) is 11.2. The average molecular weight is 301 g/mol. The molecule has 0 atom stereocenters. The molecular weight excluding hydrogens is 289 g/mol. The van der Waals surface area contributed by atoms with Gasteiger partial charge >= 0.3 is 29.6 Å². The van der Waals surface area contributed by atoms with Gasteiger partial charge in [-0.3, -0.25) is 4.55 Å². The Kier molecular flexibility index (Phi) is 5.85. The maximum atomic E-state index is 10.8. The van der Waals surface area contributed by atoms with Crippen molar-refractivity contribution in [2.24, 2.45) is 10.2 Å². The van der Waals surface area contributed by atoms with Crippen LogP contribution in [0.2, 0.25) is 0 Å². The van der Waals surface area contributed by atoms with Crippen LogP contribution in [-0.2, 0) is 10.1 Å². The van der Waals surface area contributed by atoms with Gasteiger partial charge in [-0.15, -0.1) is 0 Å². The predicted octanol–water partition coefficient (Wildman–Crippen LogP) is 0.0474. The fourth-order valence-electron chi connectivity index (χ4n) is 1.34. The monoisotopic (exact) mass is 301 g/mol. The van der Waals surface area contributed by atoms with Crippen LogP contribution in [0.5, 0.6) is 0 Å². The van der Waals surface area contributed by atoms with Crippen molar-refractivity contribution in [2.75, 3.05) is 5.73 Å². The first-order valence-electron chi connectivity index (χ1n) is 5.30. The van der Waals surface area contributed by atoms with E-state index in [-0.39, 0.29) is 35.9 Å². The van der Waals surface area contributed by atoms with Crippen molar-refractivity contribution in [3.8, 4) is 0 Å². The largest absolute Gasteiger partial charge is 1.00 e. The number of hydrogen-bond donors (Lipinski definition) is 2. The molecule has 0 amide bonds. The fourth-order valence-corrected chi connectivity index (χ4v) is 1.82. The zero-order chi connectivity index (χ0) is 13.9. The molecule has 0 aliphatic heterocycles. The van der Waals surface area contributed by atoms with Crippen LogP contribution >= 0.6 is 0 Å². The van der Waals surface area contributed by atoms with Crippen molar-refractivity contribution in [2.45, 2.75) is 4.90 Å². The molecule has 0 aliphatic rings. The van der Waals surface area contributed by atoms with Crippen molar-refractivity contribution in [3.05, 3.63) is 48.5 Å². The first-order chi connectivity index (χ1) is 8.95. The number of benzene rings is 2. The summed E-state index contributed by atoms with van der Waals surface area (Å²) in [6, 6.07) is 12.2. The van der Waals surface area contributed by atoms with Gasteiger partial charge < -0.3 is 7.16 Å². The Labute approximate surface area is 140 Å². The van der Waals surface area contributed by atoms with Crippen LogP contribution in [0, 0.1) is 0 Å². The van der Waals surface area contributed by atoms with E-state index in [1.54, 1.807) is 24.3 Å². The first kappa shape index (κ1) is 16.8. The van der Waals surface area contributed by atoms with Gasteiger partial charge in [0, 0.05) is 5.69 Å². The van der Waals surface area contributed by atoms with Gasteiger partial charge in [0.1, 0.15) is 0 Å². The Hall–Kier alpha value is -1.25. The molecule has 0 radical (unpaired) electrons. The minimum Gasteiger partial charge on any atom is -1.00 e. The van der Waals surface area contributed by atoms with Crippen LogP contribution in [-0.4, -0.2) is 13.0 Å². The van der Waals surface area contributed by atoms with E-state index in [0.29, 0.717) is 17.1 Å². The van der Waals surface area contributed by atoms with E-state index < -0.39 is 10.1 Å². The molecule has 0 saturated carbocycles. The van der Waals surface area contributed by atoms with Crippen LogP contribution in [0.1, 0.15) is 1.43 Å². The molecule has 0 aliphatic carbocycles. The SMILES string of the molecule is Nc1ccc(N=Nc2ccc(S(=O)(=O)O)cc2)cc1.[H-].[Na+]. The molecule has 0 aromatic heterocycles. The summed E-state index contributed by atoms with van der Waals surface area (Å²) in [5.74, 6) is 0. The van der Waals surface area contributed by atoms with E-state index in [2.05, 4.69) is 10.2 Å². The number of nitrogen functional groups attached to an aromatic ring is 1. The van der Waals surface area contributed by atoms with Crippen molar-refractivity contribution in [1.29, 1.82) is 0 Å². The molecule has 0 heterocycles. The van der Waals surface area contributed by atoms with Crippen LogP contribution in [0.15, 0.2) is 63.7 Å². The smallest absolute Gasteiger partial charge is 1.00 e. The van der Waals surface area contributed by atoms with Crippen LogP contribution in [0.4, 0.5) is 17.1 Å². The maximum absolute atomic E-state index is 10.8. The van der Waals surface area contributed by atoms with Gasteiger partial charge in [0.25, 0.3) is 10.1 Å². The minimum atomic E-state index is -4.18. The fraction of sp³-hybridized carbons (Fsp3) is 0. The number of anilines is 1. The van der Waals surface area contributed by atoms with Crippen molar-refractivity contribution < 1.29 is 44.0 Å². The molecule has 2 aromatic rings. The van der Waals surface area contributed by atoms with Gasteiger partial charge in [-0.2, -0.15) is 18.6 Å². The van der Waals surface area contributed by atoms with Crippen LogP contribution in [0.3, 0.4) is 0 Å². The van der Waals surface area contributed by atoms with Crippen LogP contribution in [0.25, 0.3) is 0 Å². The van der Waals surface area contributed by atoms with E-state index in [0.717, 1.165) is 0 Å².